The van der Waals surface area contributed by atoms with E-state index in [1.807, 2.05) is 6.20 Å². The minimum Gasteiger partial charge on any atom is -0.347 e. The van der Waals surface area contributed by atoms with Crippen molar-refractivity contribution in [3.8, 4) is 0 Å². The molecule has 0 amide bonds. The molecule has 1 heterocycles. The van der Waals surface area contributed by atoms with Gasteiger partial charge in [0.15, 0.2) is 0 Å². The van der Waals surface area contributed by atoms with E-state index in [2.05, 4.69) is 60.3 Å². The van der Waals surface area contributed by atoms with Gasteiger partial charge in [0.05, 0.1) is 6.04 Å². The fourth-order valence-electron chi connectivity index (χ4n) is 2.38. The third-order valence-corrected chi connectivity index (χ3v) is 3.13. The number of nitrogens with zero attached hydrogens (tertiary/aromatic N) is 1. The minimum absolute atomic E-state index is 0.145. The van der Waals surface area contributed by atoms with Crippen LogP contribution in [0.3, 0.4) is 0 Å². The molecule has 3 nitrogen and oxygen atoms in total. The molecule has 0 radical (unpaired) electrons. The van der Waals surface area contributed by atoms with E-state index < -0.39 is 0 Å². The number of nitrogens with one attached hydrogen (secondary N) is 2. The molecule has 2 aromatic rings. The van der Waals surface area contributed by atoms with Crippen molar-refractivity contribution in [1.29, 1.82) is 0 Å². The number of hydrogen-bond donors (Lipinski definition) is 2. The lowest BCUT2D eigenvalue weighted by Crippen LogP contribution is -2.23. The predicted molar refractivity (Wildman–Crippen MR) is 79.1 cm³/mol. The van der Waals surface area contributed by atoms with Crippen molar-refractivity contribution in [3.05, 3.63) is 53.6 Å². The third kappa shape index (κ3) is 3.67. The summed E-state index contributed by atoms with van der Waals surface area (Å²) < 4.78 is 0. The maximum Gasteiger partial charge on any atom is 0.127 e. The molecule has 19 heavy (non-hydrogen) atoms. The van der Waals surface area contributed by atoms with Gasteiger partial charge >= 0.3 is 0 Å². The van der Waals surface area contributed by atoms with Gasteiger partial charge in [-0.1, -0.05) is 45.0 Å². The molecule has 1 unspecified atom stereocenters. The lowest BCUT2D eigenvalue weighted by Gasteiger charge is -2.17. The second-order valence-corrected chi connectivity index (χ2v) is 5.31. The van der Waals surface area contributed by atoms with E-state index in [1.54, 1.807) is 6.20 Å². The number of imidazole rings is 1. The molecule has 0 aliphatic rings. The van der Waals surface area contributed by atoms with Gasteiger partial charge in [-0.2, -0.15) is 0 Å². The van der Waals surface area contributed by atoms with E-state index >= 15 is 0 Å². The fraction of sp³-hybridized carbons (Fsp3) is 0.438. The number of rotatable bonds is 6. The Morgan fingerprint density at radius 1 is 1.32 bits per heavy atom. The van der Waals surface area contributed by atoms with Gasteiger partial charge in [0.25, 0.3) is 0 Å². The largest absolute Gasteiger partial charge is 0.347 e. The Morgan fingerprint density at radius 2 is 2.16 bits per heavy atom. The summed E-state index contributed by atoms with van der Waals surface area (Å²) in [4.78, 5) is 7.59. The minimum atomic E-state index is 0.145. The number of H-pyrrole nitrogens is 1. The van der Waals surface area contributed by atoms with E-state index in [1.165, 1.54) is 11.1 Å². The summed E-state index contributed by atoms with van der Waals surface area (Å²) in [5, 5.41) is 3.49. The first-order valence-corrected chi connectivity index (χ1v) is 7.02. The molecule has 0 fully saturated rings. The maximum atomic E-state index is 4.38. The molecule has 1 aromatic carbocycles. The molecule has 102 valence electrons. The van der Waals surface area contributed by atoms with Crippen molar-refractivity contribution in [3.63, 3.8) is 0 Å². The predicted octanol–water partition coefficient (Wildman–Crippen LogP) is 3.31. The first-order valence-electron chi connectivity index (χ1n) is 7.02. The second-order valence-electron chi connectivity index (χ2n) is 5.31. The highest BCUT2D eigenvalue weighted by atomic mass is 15.0. The van der Waals surface area contributed by atoms with Gasteiger partial charge in [-0.3, -0.25) is 0 Å². The van der Waals surface area contributed by atoms with Gasteiger partial charge in [0.2, 0.25) is 0 Å². The molecular formula is C16H23N3. The van der Waals surface area contributed by atoms with Gasteiger partial charge in [-0.25, -0.2) is 4.98 Å². The molecule has 3 heteroatoms. The molecule has 2 N–H and O–H groups in total. The Hall–Kier alpha value is -1.61. The zero-order valence-corrected chi connectivity index (χ0v) is 12.0. The standard InChI is InChI=1S/C16H23N3/c1-4-17-15(16-18-8-9-19-16)14-7-5-6-13(11-14)10-12(2)3/h5-9,11-12,15,17H,4,10H2,1-3H3,(H,18,19). The quantitative estimate of drug-likeness (QED) is 0.833. The van der Waals surface area contributed by atoms with E-state index in [4.69, 9.17) is 0 Å². The Balaban J connectivity index is 2.26. The number of benzene rings is 1. The van der Waals surface area contributed by atoms with Crippen LogP contribution in [0.1, 0.15) is 43.8 Å². The number of aromatic amines is 1. The molecule has 0 saturated carbocycles. The molecule has 1 atom stereocenters. The lowest BCUT2D eigenvalue weighted by molar-refractivity contribution is 0.600. The molecule has 0 saturated heterocycles. The molecule has 0 spiro atoms. The van der Waals surface area contributed by atoms with Crippen molar-refractivity contribution >= 4 is 0 Å². The monoisotopic (exact) mass is 257 g/mol. The number of aromatic nitrogens is 2. The zero-order chi connectivity index (χ0) is 13.7. The van der Waals surface area contributed by atoms with Gasteiger partial charge in [0, 0.05) is 12.4 Å². The van der Waals surface area contributed by atoms with Crippen molar-refractivity contribution < 1.29 is 0 Å². The van der Waals surface area contributed by atoms with Crippen molar-refractivity contribution in [2.45, 2.75) is 33.2 Å². The summed E-state index contributed by atoms with van der Waals surface area (Å²) >= 11 is 0. The topological polar surface area (TPSA) is 40.7 Å². The molecule has 2 rings (SSSR count). The molecule has 0 bridgehead atoms. The Morgan fingerprint density at radius 3 is 2.79 bits per heavy atom. The number of hydrogen-bond acceptors (Lipinski definition) is 2. The summed E-state index contributed by atoms with van der Waals surface area (Å²) in [6, 6.07) is 8.94. The van der Waals surface area contributed by atoms with Crippen molar-refractivity contribution in [2.24, 2.45) is 5.92 Å². The first kappa shape index (κ1) is 13.8. The van der Waals surface area contributed by atoms with Crippen LogP contribution < -0.4 is 5.32 Å². The van der Waals surface area contributed by atoms with Gasteiger partial charge < -0.3 is 10.3 Å². The van der Waals surface area contributed by atoms with Crippen molar-refractivity contribution in [1.82, 2.24) is 15.3 Å². The van der Waals surface area contributed by atoms with Crippen LogP contribution in [0.4, 0.5) is 0 Å². The summed E-state index contributed by atoms with van der Waals surface area (Å²) in [6.45, 7) is 7.54. The van der Waals surface area contributed by atoms with Crippen LogP contribution in [0.5, 0.6) is 0 Å². The first-order chi connectivity index (χ1) is 9.20. The molecule has 0 aliphatic carbocycles. The van der Waals surface area contributed by atoms with Crippen LogP contribution in [-0.2, 0) is 6.42 Å². The van der Waals surface area contributed by atoms with Crippen LogP contribution in [0.15, 0.2) is 36.7 Å². The van der Waals surface area contributed by atoms with Gasteiger partial charge in [0.1, 0.15) is 5.82 Å². The average molecular weight is 257 g/mol. The van der Waals surface area contributed by atoms with E-state index in [0.29, 0.717) is 5.92 Å². The summed E-state index contributed by atoms with van der Waals surface area (Å²) in [5.74, 6) is 1.65. The average Bonchev–Trinajstić information content (AvgIpc) is 2.89. The summed E-state index contributed by atoms with van der Waals surface area (Å²) in [6.07, 6.45) is 4.79. The molecule has 1 aromatic heterocycles. The summed E-state index contributed by atoms with van der Waals surface area (Å²) in [5.41, 5.74) is 2.66. The SMILES string of the molecule is CCNC(c1cccc(CC(C)C)c1)c1ncc[nH]1. The van der Waals surface area contributed by atoms with Crippen LogP contribution in [0.25, 0.3) is 0 Å². The smallest absolute Gasteiger partial charge is 0.127 e. The molecule has 0 aliphatic heterocycles. The van der Waals surface area contributed by atoms with Crippen LogP contribution in [0, 0.1) is 5.92 Å². The van der Waals surface area contributed by atoms with Crippen LogP contribution >= 0.6 is 0 Å². The molecular weight excluding hydrogens is 234 g/mol. The Bertz CT molecular complexity index is 488. The van der Waals surface area contributed by atoms with Crippen LogP contribution in [0.2, 0.25) is 0 Å². The maximum absolute atomic E-state index is 4.38. The summed E-state index contributed by atoms with van der Waals surface area (Å²) in [7, 11) is 0. The van der Waals surface area contributed by atoms with Crippen LogP contribution in [-0.4, -0.2) is 16.5 Å². The Labute approximate surface area is 115 Å². The van der Waals surface area contributed by atoms with E-state index in [-0.39, 0.29) is 6.04 Å². The fourth-order valence-corrected chi connectivity index (χ4v) is 2.38. The Kier molecular flexibility index (Phi) is 4.74. The highest BCUT2D eigenvalue weighted by Crippen LogP contribution is 2.21. The highest BCUT2D eigenvalue weighted by molar-refractivity contribution is 5.30. The normalized spacial score (nSPS) is 12.8. The van der Waals surface area contributed by atoms with Crippen molar-refractivity contribution in [2.75, 3.05) is 6.54 Å². The lowest BCUT2D eigenvalue weighted by atomic mass is 9.98. The van der Waals surface area contributed by atoms with Gasteiger partial charge in [-0.15, -0.1) is 0 Å². The van der Waals surface area contributed by atoms with E-state index in [0.717, 1.165) is 18.8 Å². The highest BCUT2D eigenvalue weighted by Gasteiger charge is 2.15. The second kappa shape index (κ2) is 6.53. The third-order valence-electron chi connectivity index (χ3n) is 3.13. The van der Waals surface area contributed by atoms with Gasteiger partial charge in [-0.05, 0) is 30.0 Å². The zero-order valence-electron chi connectivity index (χ0n) is 12.0. The van der Waals surface area contributed by atoms with E-state index in [9.17, 15) is 0 Å².